The third-order valence-electron chi connectivity index (χ3n) is 2.85. The van der Waals surface area contributed by atoms with Crippen molar-refractivity contribution in [3.8, 4) is 5.75 Å². The fraction of sp³-hybridized carbons (Fsp3) is 0.357. The zero-order valence-corrected chi connectivity index (χ0v) is 13.0. The molecular formula is C14H14BrNO5. The number of carbonyl (C=O) groups is 3. The molecule has 0 saturated carbocycles. The van der Waals surface area contributed by atoms with Gasteiger partial charge in [0.25, 0.3) is 5.91 Å². The van der Waals surface area contributed by atoms with Crippen LogP contribution in [0.5, 0.6) is 5.75 Å². The SMILES string of the molecule is CCOC(=O)CC(=O)CN1C(=O)COc2ccc(Br)cc21. The van der Waals surface area contributed by atoms with Crippen LogP contribution in [0.4, 0.5) is 5.69 Å². The number of rotatable bonds is 5. The maximum atomic E-state index is 11.9. The molecule has 112 valence electrons. The number of benzene rings is 1. The summed E-state index contributed by atoms with van der Waals surface area (Å²) in [5, 5.41) is 0. The van der Waals surface area contributed by atoms with Crippen LogP contribution in [0, 0.1) is 0 Å². The third kappa shape index (κ3) is 3.81. The molecule has 21 heavy (non-hydrogen) atoms. The topological polar surface area (TPSA) is 72.9 Å². The molecule has 2 rings (SSSR count). The molecule has 1 heterocycles. The number of esters is 1. The Morgan fingerprint density at radius 1 is 1.43 bits per heavy atom. The van der Waals surface area contributed by atoms with Crippen molar-refractivity contribution in [2.24, 2.45) is 0 Å². The lowest BCUT2D eigenvalue weighted by molar-refractivity contribution is -0.145. The fourth-order valence-electron chi connectivity index (χ4n) is 1.95. The van der Waals surface area contributed by atoms with Crippen molar-refractivity contribution in [3.63, 3.8) is 0 Å². The largest absolute Gasteiger partial charge is 0.482 e. The number of carbonyl (C=O) groups excluding carboxylic acids is 3. The molecule has 0 fully saturated rings. The molecule has 0 spiro atoms. The van der Waals surface area contributed by atoms with Crippen molar-refractivity contribution >= 4 is 39.3 Å². The Morgan fingerprint density at radius 2 is 2.19 bits per heavy atom. The number of hydrogen-bond donors (Lipinski definition) is 0. The monoisotopic (exact) mass is 355 g/mol. The number of fused-ring (bicyclic) bond motifs is 1. The Morgan fingerprint density at radius 3 is 2.90 bits per heavy atom. The van der Waals surface area contributed by atoms with Gasteiger partial charge in [0.1, 0.15) is 12.2 Å². The van der Waals surface area contributed by atoms with Gasteiger partial charge in [-0.05, 0) is 25.1 Å². The standard InChI is InChI=1S/C14H14BrNO5/c1-2-20-14(19)6-10(17)7-16-11-5-9(15)3-4-12(11)21-8-13(16)18/h3-5H,2,6-8H2,1H3. The predicted octanol–water partition coefficient (Wildman–Crippen LogP) is 1.70. The average molecular weight is 356 g/mol. The van der Waals surface area contributed by atoms with Crippen molar-refractivity contribution in [3.05, 3.63) is 22.7 Å². The van der Waals surface area contributed by atoms with E-state index in [2.05, 4.69) is 15.9 Å². The third-order valence-corrected chi connectivity index (χ3v) is 3.34. The van der Waals surface area contributed by atoms with Gasteiger partial charge in [-0.25, -0.2) is 0 Å². The van der Waals surface area contributed by atoms with Crippen LogP contribution in [0.1, 0.15) is 13.3 Å². The number of nitrogens with zero attached hydrogens (tertiary/aromatic N) is 1. The Kier molecular flexibility index (Phi) is 4.95. The van der Waals surface area contributed by atoms with E-state index in [-0.39, 0.29) is 37.9 Å². The van der Waals surface area contributed by atoms with Gasteiger partial charge in [-0.15, -0.1) is 0 Å². The van der Waals surface area contributed by atoms with Crippen LogP contribution in [-0.4, -0.2) is 37.4 Å². The number of ether oxygens (including phenoxy) is 2. The Bertz CT molecular complexity index is 587. The van der Waals surface area contributed by atoms with Gasteiger partial charge in [-0.2, -0.15) is 0 Å². The van der Waals surface area contributed by atoms with Gasteiger partial charge in [-0.1, -0.05) is 15.9 Å². The first-order valence-electron chi connectivity index (χ1n) is 6.41. The maximum absolute atomic E-state index is 11.9. The number of Topliss-reactive ketones (excluding diaryl/α,β-unsaturated/α-hetero) is 1. The molecule has 0 radical (unpaired) electrons. The summed E-state index contributed by atoms with van der Waals surface area (Å²) in [5.74, 6) is -0.758. The molecule has 0 aromatic heterocycles. The second-order valence-electron chi connectivity index (χ2n) is 4.40. The minimum Gasteiger partial charge on any atom is -0.482 e. The van der Waals surface area contributed by atoms with Crippen molar-refractivity contribution < 1.29 is 23.9 Å². The lowest BCUT2D eigenvalue weighted by atomic mass is 10.2. The van der Waals surface area contributed by atoms with Crippen LogP contribution in [0.15, 0.2) is 22.7 Å². The molecular weight excluding hydrogens is 342 g/mol. The molecule has 0 bridgehead atoms. The lowest BCUT2D eigenvalue weighted by Gasteiger charge is -2.28. The zero-order valence-electron chi connectivity index (χ0n) is 11.4. The number of hydrogen-bond acceptors (Lipinski definition) is 5. The van der Waals surface area contributed by atoms with Crippen LogP contribution in [-0.2, 0) is 19.1 Å². The molecule has 0 aliphatic carbocycles. The quantitative estimate of drug-likeness (QED) is 0.593. The van der Waals surface area contributed by atoms with E-state index in [1.807, 2.05) is 0 Å². The van der Waals surface area contributed by atoms with Gasteiger partial charge in [0, 0.05) is 4.47 Å². The van der Waals surface area contributed by atoms with E-state index in [0.29, 0.717) is 11.4 Å². The van der Waals surface area contributed by atoms with Crippen molar-refractivity contribution in [2.75, 3.05) is 24.7 Å². The molecule has 7 heteroatoms. The van der Waals surface area contributed by atoms with Gasteiger partial charge in [-0.3, -0.25) is 19.3 Å². The van der Waals surface area contributed by atoms with Gasteiger partial charge < -0.3 is 9.47 Å². The van der Waals surface area contributed by atoms with E-state index in [0.717, 1.165) is 4.47 Å². The van der Waals surface area contributed by atoms with Crippen molar-refractivity contribution in [2.45, 2.75) is 13.3 Å². The highest BCUT2D eigenvalue weighted by Gasteiger charge is 2.28. The first-order valence-corrected chi connectivity index (χ1v) is 7.20. The van der Waals surface area contributed by atoms with Crippen molar-refractivity contribution in [1.82, 2.24) is 0 Å². The minimum atomic E-state index is -0.585. The molecule has 1 aliphatic heterocycles. The lowest BCUT2D eigenvalue weighted by Crippen LogP contribution is -2.42. The molecule has 1 aromatic carbocycles. The highest BCUT2D eigenvalue weighted by atomic mass is 79.9. The van der Waals surface area contributed by atoms with Crippen LogP contribution in [0.3, 0.4) is 0 Å². The number of anilines is 1. The summed E-state index contributed by atoms with van der Waals surface area (Å²) in [6, 6.07) is 5.20. The summed E-state index contributed by atoms with van der Waals surface area (Å²) in [7, 11) is 0. The molecule has 1 amide bonds. The van der Waals surface area contributed by atoms with Crippen LogP contribution in [0.25, 0.3) is 0 Å². The molecule has 6 nitrogen and oxygen atoms in total. The van der Waals surface area contributed by atoms with Gasteiger partial charge >= 0.3 is 5.97 Å². The van der Waals surface area contributed by atoms with E-state index in [4.69, 9.17) is 9.47 Å². The summed E-state index contributed by atoms with van der Waals surface area (Å²) in [5.41, 5.74) is 0.512. The normalized spacial score (nSPS) is 13.4. The first-order chi connectivity index (χ1) is 10.0. The highest BCUT2D eigenvalue weighted by molar-refractivity contribution is 9.10. The Balaban J connectivity index is 2.12. The maximum Gasteiger partial charge on any atom is 0.313 e. The second-order valence-corrected chi connectivity index (χ2v) is 5.32. The van der Waals surface area contributed by atoms with Gasteiger partial charge in [0.15, 0.2) is 12.4 Å². The van der Waals surface area contributed by atoms with E-state index < -0.39 is 5.97 Å². The molecule has 0 N–H and O–H groups in total. The summed E-state index contributed by atoms with van der Waals surface area (Å²) in [6.07, 6.45) is -0.345. The molecule has 0 atom stereocenters. The van der Waals surface area contributed by atoms with Crippen molar-refractivity contribution in [1.29, 1.82) is 0 Å². The summed E-state index contributed by atoms with van der Waals surface area (Å²) >= 11 is 3.31. The van der Waals surface area contributed by atoms with Crippen LogP contribution < -0.4 is 9.64 Å². The van der Waals surface area contributed by atoms with E-state index >= 15 is 0 Å². The fourth-order valence-corrected chi connectivity index (χ4v) is 2.30. The summed E-state index contributed by atoms with van der Waals surface area (Å²) in [6.45, 7) is 1.59. The average Bonchev–Trinajstić information content (AvgIpc) is 2.42. The van der Waals surface area contributed by atoms with E-state index in [9.17, 15) is 14.4 Å². The zero-order chi connectivity index (χ0) is 15.4. The molecule has 1 aromatic rings. The number of ketones is 1. The molecule has 0 unspecified atom stereocenters. The Hall–Kier alpha value is -1.89. The smallest absolute Gasteiger partial charge is 0.313 e. The molecule has 1 aliphatic rings. The predicted molar refractivity (Wildman–Crippen MR) is 78.2 cm³/mol. The minimum absolute atomic E-state index is 0.124. The second kappa shape index (κ2) is 6.71. The van der Waals surface area contributed by atoms with E-state index in [1.165, 1.54) is 4.90 Å². The summed E-state index contributed by atoms with van der Waals surface area (Å²) < 4.78 is 10.8. The number of amides is 1. The highest BCUT2D eigenvalue weighted by Crippen LogP contribution is 2.34. The number of halogens is 1. The van der Waals surface area contributed by atoms with E-state index in [1.54, 1.807) is 25.1 Å². The molecule has 0 saturated heterocycles. The Labute approximate surface area is 130 Å². The summed E-state index contributed by atoms with van der Waals surface area (Å²) in [4.78, 5) is 36.4. The first kappa shape index (κ1) is 15.5. The van der Waals surface area contributed by atoms with Gasteiger partial charge in [0.05, 0.1) is 18.8 Å². The van der Waals surface area contributed by atoms with Crippen LogP contribution in [0.2, 0.25) is 0 Å². The van der Waals surface area contributed by atoms with Gasteiger partial charge in [0.2, 0.25) is 0 Å². The van der Waals surface area contributed by atoms with Crippen LogP contribution >= 0.6 is 15.9 Å².